The largest absolute Gasteiger partial charge is 0.469 e. The lowest BCUT2D eigenvalue weighted by Crippen LogP contribution is -2.24. The summed E-state index contributed by atoms with van der Waals surface area (Å²) in [7, 11) is 2.92. The quantitative estimate of drug-likeness (QED) is 0.336. The van der Waals surface area contributed by atoms with E-state index in [9.17, 15) is 9.59 Å². The molecule has 0 aliphatic rings. The van der Waals surface area contributed by atoms with E-state index in [4.69, 9.17) is 4.74 Å². The summed E-state index contributed by atoms with van der Waals surface area (Å²) in [4.78, 5) is 22.8. The van der Waals surface area contributed by atoms with Gasteiger partial charge >= 0.3 is 11.9 Å². The van der Waals surface area contributed by atoms with Crippen LogP contribution >= 0.6 is 0 Å². The van der Waals surface area contributed by atoms with Crippen molar-refractivity contribution in [1.82, 2.24) is 0 Å². The van der Waals surface area contributed by atoms with Gasteiger partial charge in [0.05, 0.1) is 20.1 Å². The van der Waals surface area contributed by atoms with Gasteiger partial charge in [-0.1, -0.05) is 58.8 Å². The van der Waals surface area contributed by atoms with Crippen molar-refractivity contribution in [3.63, 3.8) is 0 Å². The fraction of sp³-hybridized carbons (Fsp3) is 0.895. The number of hydrogen-bond donors (Lipinski definition) is 0. The first-order chi connectivity index (χ1) is 11.1. The molecule has 0 rings (SSSR count). The van der Waals surface area contributed by atoms with Crippen molar-refractivity contribution in [2.45, 2.75) is 84.5 Å². The van der Waals surface area contributed by atoms with Crippen LogP contribution in [0.4, 0.5) is 0 Å². The zero-order chi connectivity index (χ0) is 17.5. The number of methoxy groups -OCH3 is 2. The van der Waals surface area contributed by atoms with Crippen LogP contribution in [-0.2, 0) is 19.1 Å². The highest BCUT2D eigenvalue weighted by atomic mass is 16.5. The van der Waals surface area contributed by atoms with E-state index in [0.717, 1.165) is 32.1 Å². The summed E-state index contributed by atoms with van der Waals surface area (Å²) in [5.74, 6) is 0.354. The van der Waals surface area contributed by atoms with Crippen molar-refractivity contribution < 1.29 is 19.1 Å². The third kappa shape index (κ3) is 10.4. The highest BCUT2D eigenvalue weighted by Crippen LogP contribution is 2.26. The molecule has 4 heteroatoms. The minimum absolute atomic E-state index is 0.0510. The molecular formula is C19H36O4. The Labute approximate surface area is 142 Å². The lowest BCUT2D eigenvalue weighted by Gasteiger charge is -2.22. The molecule has 0 aliphatic carbocycles. The van der Waals surface area contributed by atoms with E-state index < -0.39 is 0 Å². The Hall–Kier alpha value is -1.06. The Bertz CT molecular complexity index is 314. The average molecular weight is 328 g/mol. The Kier molecular flexibility index (Phi) is 13.9. The van der Waals surface area contributed by atoms with Crippen LogP contribution in [0.25, 0.3) is 0 Å². The predicted octanol–water partition coefficient (Wildman–Crippen LogP) is 4.90. The van der Waals surface area contributed by atoms with E-state index in [1.165, 1.54) is 46.3 Å². The van der Waals surface area contributed by atoms with Gasteiger partial charge in [-0.3, -0.25) is 9.59 Å². The molecule has 2 unspecified atom stereocenters. The Morgan fingerprint density at radius 2 is 1.35 bits per heavy atom. The molecule has 0 spiro atoms. The molecule has 0 amide bonds. The molecular weight excluding hydrogens is 292 g/mol. The SMILES string of the molecule is CCC(CCCCCCCCCC(=O)OC)C(CC)C(=O)OC. The van der Waals surface area contributed by atoms with Crippen LogP contribution in [-0.4, -0.2) is 26.2 Å². The summed E-state index contributed by atoms with van der Waals surface area (Å²) >= 11 is 0. The number of esters is 2. The van der Waals surface area contributed by atoms with Crippen LogP contribution in [0.1, 0.15) is 84.5 Å². The summed E-state index contributed by atoms with van der Waals surface area (Å²) in [6, 6.07) is 0. The summed E-state index contributed by atoms with van der Waals surface area (Å²) in [6.45, 7) is 4.23. The number of unbranched alkanes of at least 4 members (excludes halogenated alkanes) is 6. The highest BCUT2D eigenvalue weighted by molar-refractivity contribution is 5.72. The van der Waals surface area contributed by atoms with E-state index in [1.807, 2.05) is 0 Å². The van der Waals surface area contributed by atoms with Crippen molar-refractivity contribution in [1.29, 1.82) is 0 Å². The van der Waals surface area contributed by atoms with Crippen molar-refractivity contribution in [3.05, 3.63) is 0 Å². The lowest BCUT2D eigenvalue weighted by atomic mass is 9.84. The molecule has 0 aliphatic heterocycles. The molecule has 0 saturated carbocycles. The molecule has 0 fully saturated rings. The van der Waals surface area contributed by atoms with Gasteiger partial charge in [0, 0.05) is 6.42 Å². The maximum absolute atomic E-state index is 11.8. The van der Waals surface area contributed by atoms with Gasteiger partial charge in [-0.05, 0) is 25.2 Å². The number of rotatable bonds is 14. The maximum Gasteiger partial charge on any atom is 0.308 e. The third-order valence-corrected chi connectivity index (χ3v) is 4.72. The molecule has 0 aromatic carbocycles. The zero-order valence-corrected chi connectivity index (χ0v) is 15.6. The minimum atomic E-state index is -0.105. The Morgan fingerprint density at radius 1 is 0.783 bits per heavy atom. The summed E-state index contributed by atoms with van der Waals surface area (Å²) in [5.41, 5.74) is 0. The van der Waals surface area contributed by atoms with E-state index >= 15 is 0 Å². The molecule has 0 heterocycles. The van der Waals surface area contributed by atoms with Crippen molar-refractivity contribution >= 4 is 11.9 Å². The number of carbonyl (C=O) groups is 2. The number of ether oxygens (including phenoxy) is 2. The van der Waals surface area contributed by atoms with Crippen molar-refractivity contribution in [3.8, 4) is 0 Å². The molecule has 0 bridgehead atoms. The molecule has 0 radical (unpaired) electrons. The summed E-state index contributed by atoms with van der Waals surface area (Å²) in [5, 5.41) is 0. The molecule has 0 saturated heterocycles. The van der Waals surface area contributed by atoms with Gasteiger partial charge in [0.25, 0.3) is 0 Å². The number of carbonyl (C=O) groups excluding carboxylic acids is 2. The van der Waals surface area contributed by atoms with Crippen molar-refractivity contribution in [2.75, 3.05) is 14.2 Å². The number of hydrogen-bond acceptors (Lipinski definition) is 4. The van der Waals surface area contributed by atoms with E-state index in [-0.39, 0.29) is 17.9 Å². The predicted molar refractivity (Wildman–Crippen MR) is 93.1 cm³/mol. The standard InChI is InChI=1S/C19H36O4/c1-5-16(17(6-2)19(21)23-4)14-12-10-8-7-9-11-13-15-18(20)22-3/h16-17H,5-15H2,1-4H3. The summed E-state index contributed by atoms with van der Waals surface area (Å²) < 4.78 is 9.55. The first kappa shape index (κ1) is 21.9. The van der Waals surface area contributed by atoms with E-state index in [1.54, 1.807) is 0 Å². The van der Waals surface area contributed by atoms with Gasteiger partial charge in [0.1, 0.15) is 0 Å². The van der Waals surface area contributed by atoms with E-state index in [0.29, 0.717) is 12.3 Å². The second-order valence-corrected chi connectivity index (χ2v) is 6.30. The molecule has 0 aromatic rings. The van der Waals surface area contributed by atoms with Gasteiger partial charge in [-0.2, -0.15) is 0 Å². The molecule has 23 heavy (non-hydrogen) atoms. The summed E-state index contributed by atoms with van der Waals surface area (Å²) in [6.07, 6.45) is 11.7. The monoisotopic (exact) mass is 328 g/mol. The first-order valence-corrected chi connectivity index (χ1v) is 9.25. The zero-order valence-electron chi connectivity index (χ0n) is 15.6. The molecule has 0 aromatic heterocycles. The minimum Gasteiger partial charge on any atom is -0.469 e. The second kappa shape index (κ2) is 14.5. The average Bonchev–Trinajstić information content (AvgIpc) is 2.58. The first-order valence-electron chi connectivity index (χ1n) is 9.25. The van der Waals surface area contributed by atoms with Crippen molar-refractivity contribution in [2.24, 2.45) is 11.8 Å². The fourth-order valence-corrected chi connectivity index (χ4v) is 3.20. The van der Waals surface area contributed by atoms with Crippen LogP contribution < -0.4 is 0 Å². The van der Waals surface area contributed by atoms with Crippen LogP contribution in [0.2, 0.25) is 0 Å². The molecule has 2 atom stereocenters. The van der Waals surface area contributed by atoms with Gasteiger partial charge in [-0.15, -0.1) is 0 Å². The van der Waals surface area contributed by atoms with E-state index in [2.05, 4.69) is 18.6 Å². The topological polar surface area (TPSA) is 52.6 Å². The van der Waals surface area contributed by atoms with Gasteiger partial charge < -0.3 is 9.47 Å². The van der Waals surface area contributed by atoms with Gasteiger partial charge in [0.2, 0.25) is 0 Å². The second-order valence-electron chi connectivity index (χ2n) is 6.30. The highest BCUT2D eigenvalue weighted by Gasteiger charge is 2.25. The van der Waals surface area contributed by atoms with Crippen LogP contribution in [0, 0.1) is 11.8 Å². The Balaban J connectivity index is 3.68. The maximum atomic E-state index is 11.8. The van der Waals surface area contributed by atoms with Gasteiger partial charge in [0.15, 0.2) is 0 Å². The fourth-order valence-electron chi connectivity index (χ4n) is 3.20. The normalized spacial score (nSPS) is 13.4. The van der Waals surface area contributed by atoms with Gasteiger partial charge in [-0.25, -0.2) is 0 Å². The molecule has 136 valence electrons. The molecule has 0 N–H and O–H groups in total. The smallest absolute Gasteiger partial charge is 0.308 e. The molecule has 4 nitrogen and oxygen atoms in total. The third-order valence-electron chi connectivity index (χ3n) is 4.72. The Morgan fingerprint density at radius 3 is 1.83 bits per heavy atom. The van der Waals surface area contributed by atoms with Crippen LogP contribution in [0.3, 0.4) is 0 Å². The lowest BCUT2D eigenvalue weighted by molar-refractivity contribution is -0.147. The van der Waals surface area contributed by atoms with Crippen LogP contribution in [0.5, 0.6) is 0 Å². The van der Waals surface area contributed by atoms with Crippen LogP contribution in [0.15, 0.2) is 0 Å².